The van der Waals surface area contributed by atoms with Crippen LogP contribution in [0.25, 0.3) is 27.1 Å². The number of hydrogen-bond donors (Lipinski definition) is 2. The normalized spacial score (nSPS) is 15.3. The molecule has 176 valence electrons. The number of fused-ring (bicyclic) bond motifs is 4. The second-order valence-corrected chi connectivity index (χ2v) is 12.4. The fourth-order valence-electron chi connectivity index (χ4n) is 3.86. The van der Waals surface area contributed by atoms with Crippen LogP contribution in [0.3, 0.4) is 0 Å². The molecule has 5 rings (SSSR count). The summed E-state index contributed by atoms with van der Waals surface area (Å²) in [6.45, 7) is 0. The molecule has 3 aromatic carbocycles. The first kappa shape index (κ1) is 23.2. The Kier molecular flexibility index (Phi) is 5.66. The number of rotatable bonds is 5. The van der Waals surface area contributed by atoms with E-state index in [0.717, 1.165) is 15.5 Å². The molecule has 0 unspecified atom stereocenters. The summed E-state index contributed by atoms with van der Waals surface area (Å²) in [4.78, 5) is 1.27. The first-order valence-electron chi connectivity index (χ1n) is 9.69. The second-order valence-electron chi connectivity index (χ2n) is 7.55. The lowest BCUT2D eigenvalue weighted by Gasteiger charge is -2.15. The molecule has 0 spiro atoms. The fourth-order valence-corrected chi connectivity index (χ4v) is 6.58. The molecule has 9 nitrogen and oxygen atoms in total. The van der Waals surface area contributed by atoms with Crippen LogP contribution in [0.5, 0.6) is 5.75 Å². The van der Waals surface area contributed by atoms with Gasteiger partial charge >= 0.3 is 10.1 Å². The van der Waals surface area contributed by atoms with Gasteiger partial charge in [0.25, 0.3) is 21.0 Å². The Hall–Kier alpha value is -2.55. The number of ether oxygens (including phenoxy) is 1. The standard InChI is InChI=1S/C21H15BrN2O7S3/c22-14-6-7-17-16(9-14)23(11-33(25,26)27)19(31-17)10-20-24(12-34(28,29)30)21-15-4-2-1-3-13(15)5-8-18(21)32-20/h1-10H,11-12H2,(H-,25,26,27,28,29,30)/p+1. The van der Waals surface area contributed by atoms with Gasteiger partial charge in [0.1, 0.15) is 4.70 Å². The number of aromatic nitrogens is 1. The molecule has 0 aliphatic carbocycles. The van der Waals surface area contributed by atoms with Gasteiger partial charge in [-0.3, -0.25) is 14.0 Å². The van der Waals surface area contributed by atoms with Crippen LogP contribution in [-0.4, -0.2) is 31.8 Å². The van der Waals surface area contributed by atoms with E-state index in [1.807, 2.05) is 36.4 Å². The maximum atomic E-state index is 11.9. The average molecular weight is 584 g/mol. The van der Waals surface area contributed by atoms with Crippen molar-refractivity contribution < 1.29 is 35.2 Å². The molecule has 4 aromatic rings. The molecule has 2 heterocycles. The average Bonchev–Trinajstić information content (AvgIpc) is 3.24. The van der Waals surface area contributed by atoms with Gasteiger partial charge in [-0.2, -0.15) is 21.4 Å². The lowest BCUT2D eigenvalue weighted by molar-refractivity contribution is -0.648. The molecule has 2 N–H and O–H groups in total. The summed E-state index contributed by atoms with van der Waals surface area (Å²) in [6, 6.07) is 16.2. The maximum absolute atomic E-state index is 11.9. The Morgan fingerprint density at radius 2 is 1.79 bits per heavy atom. The lowest BCUT2D eigenvalue weighted by atomic mass is 10.1. The number of anilines is 1. The summed E-state index contributed by atoms with van der Waals surface area (Å²) < 4.78 is 75.2. The third kappa shape index (κ3) is 4.54. The van der Waals surface area contributed by atoms with E-state index in [9.17, 15) is 25.9 Å². The highest BCUT2D eigenvalue weighted by Gasteiger charge is 2.33. The van der Waals surface area contributed by atoms with Gasteiger partial charge in [0.2, 0.25) is 11.4 Å². The summed E-state index contributed by atoms with van der Waals surface area (Å²) in [5.41, 5.74) is 1.01. The highest BCUT2D eigenvalue weighted by molar-refractivity contribution is 9.10. The molecule has 34 heavy (non-hydrogen) atoms. The topological polar surface area (TPSA) is 125 Å². The molecule has 0 radical (unpaired) electrons. The van der Waals surface area contributed by atoms with Crippen LogP contribution >= 0.6 is 27.3 Å². The summed E-state index contributed by atoms with van der Waals surface area (Å²) in [7, 11) is -8.85. The molecule has 0 fully saturated rings. The number of hydrogen-bond acceptors (Lipinski definition) is 7. The van der Waals surface area contributed by atoms with Gasteiger partial charge in [-0.25, -0.2) is 0 Å². The largest absolute Gasteiger partial charge is 0.438 e. The predicted octanol–water partition coefficient (Wildman–Crippen LogP) is 3.99. The predicted molar refractivity (Wildman–Crippen MR) is 133 cm³/mol. The summed E-state index contributed by atoms with van der Waals surface area (Å²) in [5, 5.41) is 2.07. The lowest BCUT2D eigenvalue weighted by Crippen LogP contribution is -2.39. The quantitative estimate of drug-likeness (QED) is 0.267. The number of nitrogens with zero attached hydrogens (tertiary/aromatic N) is 2. The third-order valence-electron chi connectivity index (χ3n) is 5.14. The van der Waals surface area contributed by atoms with Crippen LogP contribution in [0.2, 0.25) is 0 Å². The van der Waals surface area contributed by atoms with Crippen molar-refractivity contribution >= 4 is 80.3 Å². The molecule has 1 aliphatic heterocycles. The van der Waals surface area contributed by atoms with Gasteiger partial charge in [0, 0.05) is 4.47 Å². The highest BCUT2D eigenvalue weighted by Crippen LogP contribution is 2.42. The molecule has 0 bridgehead atoms. The van der Waals surface area contributed by atoms with Crippen LogP contribution < -0.4 is 14.2 Å². The van der Waals surface area contributed by atoms with Crippen LogP contribution in [0, 0.1) is 0 Å². The Morgan fingerprint density at radius 1 is 1.03 bits per heavy atom. The van der Waals surface area contributed by atoms with Crippen LogP contribution in [0.1, 0.15) is 5.01 Å². The Labute approximate surface area is 207 Å². The molecular formula is C21H16BrN2O7S3+. The van der Waals surface area contributed by atoms with Gasteiger partial charge in [0.05, 0.1) is 17.1 Å². The van der Waals surface area contributed by atoms with Crippen LogP contribution in [-0.2, 0) is 26.1 Å². The van der Waals surface area contributed by atoms with E-state index in [1.54, 1.807) is 18.2 Å². The molecule has 13 heteroatoms. The van der Waals surface area contributed by atoms with Crippen molar-refractivity contribution in [1.29, 1.82) is 0 Å². The van der Waals surface area contributed by atoms with Crippen LogP contribution in [0.15, 0.2) is 65.0 Å². The maximum Gasteiger partial charge on any atom is 0.326 e. The fraction of sp³-hybridized carbons (Fsp3) is 0.0952. The Balaban J connectivity index is 1.74. The van der Waals surface area contributed by atoms with Crippen molar-refractivity contribution in [3.63, 3.8) is 0 Å². The number of thiazole rings is 1. The molecule has 0 atom stereocenters. The number of halogens is 1. The molecule has 1 aliphatic rings. The molecular weight excluding hydrogens is 568 g/mol. The van der Waals surface area contributed by atoms with Crippen LogP contribution in [0.4, 0.5) is 5.69 Å². The molecule has 0 saturated heterocycles. The molecule has 0 saturated carbocycles. The summed E-state index contributed by atoms with van der Waals surface area (Å²) in [5.74, 6) is -1.04. The minimum absolute atomic E-state index is 0.0747. The minimum atomic E-state index is -4.43. The second kappa shape index (κ2) is 8.29. The number of benzene rings is 3. The van der Waals surface area contributed by atoms with E-state index >= 15 is 0 Å². The molecule has 0 amide bonds. The molecule has 1 aromatic heterocycles. The third-order valence-corrected chi connectivity index (χ3v) is 7.90. The van der Waals surface area contributed by atoms with Crippen molar-refractivity contribution in [2.45, 2.75) is 5.88 Å². The zero-order valence-electron chi connectivity index (χ0n) is 17.1. The van der Waals surface area contributed by atoms with Crippen molar-refractivity contribution in [2.75, 3.05) is 10.8 Å². The van der Waals surface area contributed by atoms with Gasteiger partial charge in [-0.1, -0.05) is 51.5 Å². The Morgan fingerprint density at radius 3 is 2.53 bits per heavy atom. The van der Waals surface area contributed by atoms with Crippen molar-refractivity contribution in [1.82, 2.24) is 0 Å². The minimum Gasteiger partial charge on any atom is -0.438 e. The van der Waals surface area contributed by atoms with Gasteiger partial charge in [0.15, 0.2) is 11.6 Å². The summed E-state index contributed by atoms with van der Waals surface area (Å²) >= 11 is 4.59. The van der Waals surface area contributed by atoms with Gasteiger partial charge in [-0.15, -0.1) is 0 Å². The first-order chi connectivity index (χ1) is 16.0. The van der Waals surface area contributed by atoms with Crippen molar-refractivity contribution in [3.05, 3.63) is 70.0 Å². The zero-order valence-corrected chi connectivity index (χ0v) is 21.2. The first-order valence-corrected chi connectivity index (χ1v) is 14.5. The zero-order chi connectivity index (χ0) is 24.3. The van der Waals surface area contributed by atoms with Gasteiger partial charge in [-0.05, 0) is 35.7 Å². The monoisotopic (exact) mass is 583 g/mol. The Bertz CT molecular complexity index is 1710. The van der Waals surface area contributed by atoms with Gasteiger partial charge < -0.3 is 4.74 Å². The van der Waals surface area contributed by atoms with E-state index in [0.29, 0.717) is 26.4 Å². The SMILES string of the molecule is O=S(=O)(O)CN1C(=Cc2sc3ccc4ccccc4c3[n+]2CS(=O)(=O)O)Oc2ccc(Br)cc21. The highest BCUT2D eigenvalue weighted by atomic mass is 79.9. The smallest absolute Gasteiger partial charge is 0.326 e. The summed E-state index contributed by atoms with van der Waals surface area (Å²) in [6.07, 6.45) is 1.49. The van der Waals surface area contributed by atoms with E-state index in [-0.39, 0.29) is 5.88 Å². The van der Waals surface area contributed by atoms with E-state index in [1.165, 1.54) is 26.9 Å². The van der Waals surface area contributed by atoms with E-state index < -0.39 is 32.0 Å². The van der Waals surface area contributed by atoms with E-state index in [2.05, 4.69) is 15.9 Å². The van der Waals surface area contributed by atoms with Crippen molar-refractivity contribution in [3.8, 4) is 5.75 Å². The van der Waals surface area contributed by atoms with Crippen molar-refractivity contribution in [2.24, 2.45) is 0 Å². The van der Waals surface area contributed by atoms with E-state index in [4.69, 9.17) is 4.74 Å².